The van der Waals surface area contributed by atoms with E-state index in [-0.39, 0.29) is 0 Å². The van der Waals surface area contributed by atoms with E-state index in [0.29, 0.717) is 0 Å². The fourth-order valence-electron chi connectivity index (χ4n) is 1.67. The predicted molar refractivity (Wildman–Crippen MR) is 63.0 cm³/mol. The molecular formula is C12H15N3. The zero-order chi connectivity index (χ0) is 10.8. The smallest absolute Gasteiger partial charge is 0.139 e. The van der Waals surface area contributed by atoms with Crippen molar-refractivity contribution in [1.82, 2.24) is 9.97 Å². The Morgan fingerprint density at radius 1 is 1.27 bits per heavy atom. The van der Waals surface area contributed by atoms with Crippen molar-refractivity contribution in [3.05, 3.63) is 28.5 Å². The molecule has 0 radical (unpaired) electrons. The van der Waals surface area contributed by atoms with Crippen LogP contribution in [0.5, 0.6) is 0 Å². The standard InChI is InChI=1S/C12H15N3/c1-9-13-11-8-6-4-5-7-10(11)12(14-9)15(2)3/h4-5,7-8H,6H2,1-3H3. The van der Waals surface area contributed by atoms with Gasteiger partial charge in [0, 0.05) is 19.3 Å². The SMILES string of the molecule is Cc1nc(N(C)C)c2c(n1)=CCC=CC=2. The van der Waals surface area contributed by atoms with Gasteiger partial charge in [-0.05, 0) is 19.4 Å². The fraction of sp³-hybridized carbons (Fsp3) is 0.333. The average molecular weight is 201 g/mol. The number of aromatic nitrogens is 2. The number of fused-ring (bicyclic) bond motifs is 1. The molecule has 1 aliphatic rings. The van der Waals surface area contributed by atoms with Gasteiger partial charge in [0.05, 0.1) is 5.35 Å². The van der Waals surface area contributed by atoms with E-state index < -0.39 is 0 Å². The second-order valence-electron chi connectivity index (χ2n) is 3.82. The molecule has 0 aliphatic heterocycles. The summed E-state index contributed by atoms with van der Waals surface area (Å²) < 4.78 is 0. The maximum Gasteiger partial charge on any atom is 0.139 e. The third-order valence-corrected chi connectivity index (χ3v) is 2.34. The number of rotatable bonds is 1. The molecule has 0 aromatic carbocycles. The van der Waals surface area contributed by atoms with E-state index in [4.69, 9.17) is 0 Å². The first-order valence-electron chi connectivity index (χ1n) is 5.07. The molecule has 1 aromatic rings. The maximum atomic E-state index is 4.46. The zero-order valence-electron chi connectivity index (χ0n) is 9.36. The Morgan fingerprint density at radius 3 is 2.80 bits per heavy atom. The number of hydrogen-bond acceptors (Lipinski definition) is 3. The Labute approximate surface area is 89.5 Å². The van der Waals surface area contributed by atoms with E-state index in [2.05, 4.69) is 34.3 Å². The predicted octanol–water partition coefficient (Wildman–Crippen LogP) is 0.372. The molecule has 0 saturated carbocycles. The molecule has 0 fully saturated rings. The topological polar surface area (TPSA) is 29.0 Å². The summed E-state index contributed by atoms with van der Waals surface area (Å²) in [4.78, 5) is 10.9. The molecule has 2 rings (SSSR count). The minimum absolute atomic E-state index is 0.823. The molecule has 1 heterocycles. The van der Waals surface area contributed by atoms with Crippen LogP contribution in [0.4, 0.5) is 5.82 Å². The Morgan fingerprint density at radius 2 is 2.07 bits per heavy atom. The van der Waals surface area contributed by atoms with Crippen molar-refractivity contribution in [3.8, 4) is 0 Å². The molecule has 0 bridgehead atoms. The molecule has 0 N–H and O–H groups in total. The molecule has 1 aromatic heterocycles. The van der Waals surface area contributed by atoms with Crippen LogP contribution < -0.4 is 15.5 Å². The zero-order valence-corrected chi connectivity index (χ0v) is 9.36. The minimum Gasteiger partial charge on any atom is -0.362 e. The molecule has 0 spiro atoms. The first kappa shape index (κ1) is 9.90. The molecule has 0 unspecified atom stereocenters. The van der Waals surface area contributed by atoms with Gasteiger partial charge in [-0.3, -0.25) is 0 Å². The van der Waals surface area contributed by atoms with Gasteiger partial charge in [-0.2, -0.15) is 0 Å². The minimum atomic E-state index is 0.823. The van der Waals surface area contributed by atoms with Crippen LogP contribution in [-0.2, 0) is 0 Å². The summed E-state index contributed by atoms with van der Waals surface area (Å²) in [5, 5.41) is 2.15. The third-order valence-electron chi connectivity index (χ3n) is 2.34. The summed E-state index contributed by atoms with van der Waals surface area (Å²) in [5.41, 5.74) is 0. The lowest BCUT2D eigenvalue weighted by Gasteiger charge is -2.12. The van der Waals surface area contributed by atoms with Gasteiger partial charge in [-0.15, -0.1) is 0 Å². The highest BCUT2D eigenvalue weighted by atomic mass is 15.1. The van der Waals surface area contributed by atoms with Crippen LogP contribution >= 0.6 is 0 Å². The van der Waals surface area contributed by atoms with Gasteiger partial charge >= 0.3 is 0 Å². The van der Waals surface area contributed by atoms with E-state index in [0.717, 1.165) is 28.6 Å². The number of hydrogen-bond donors (Lipinski definition) is 0. The maximum absolute atomic E-state index is 4.46. The molecule has 15 heavy (non-hydrogen) atoms. The quantitative estimate of drug-likeness (QED) is 0.657. The number of nitrogens with zero attached hydrogens (tertiary/aromatic N) is 3. The van der Waals surface area contributed by atoms with Crippen LogP contribution in [0.25, 0.3) is 12.2 Å². The van der Waals surface area contributed by atoms with Crippen molar-refractivity contribution in [2.24, 2.45) is 0 Å². The van der Waals surface area contributed by atoms with Crippen molar-refractivity contribution in [2.75, 3.05) is 19.0 Å². The Balaban J connectivity index is 2.82. The van der Waals surface area contributed by atoms with Crippen LogP contribution in [0.1, 0.15) is 12.2 Å². The Kier molecular flexibility index (Phi) is 2.54. The Bertz CT molecular complexity index is 512. The van der Waals surface area contributed by atoms with Crippen molar-refractivity contribution >= 4 is 18.0 Å². The summed E-state index contributed by atoms with van der Waals surface area (Å²) in [6.07, 6.45) is 9.34. The molecule has 0 amide bonds. The fourth-order valence-corrected chi connectivity index (χ4v) is 1.67. The molecule has 1 aliphatic carbocycles. The number of aryl methyl sites for hydroxylation is 1. The molecule has 0 saturated heterocycles. The summed E-state index contributed by atoms with van der Waals surface area (Å²) in [5.74, 6) is 1.81. The highest BCUT2D eigenvalue weighted by Crippen LogP contribution is 1.98. The molecule has 78 valence electrons. The Hall–Kier alpha value is -1.64. The lowest BCUT2D eigenvalue weighted by atomic mass is 10.3. The van der Waals surface area contributed by atoms with Crippen LogP contribution in [0.3, 0.4) is 0 Å². The van der Waals surface area contributed by atoms with Gasteiger partial charge in [0.25, 0.3) is 0 Å². The van der Waals surface area contributed by atoms with Crippen molar-refractivity contribution in [3.63, 3.8) is 0 Å². The van der Waals surface area contributed by atoms with Crippen LogP contribution in [0, 0.1) is 6.92 Å². The average Bonchev–Trinajstić information content (AvgIpc) is 2.41. The first-order valence-corrected chi connectivity index (χ1v) is 5.07. The lowest BCUT2D eigenvalue weighted by Crippen LogP contribution is -2.35. The molecule has 3 heteroatoms. The summed E-state index contributed by atoms with van der Waals surface area (Å²) in [7, 11) is 4.01. The van der Waals surface area contributed by atoms with Gasteiger partial charge in [0.1, 0.15) is 11.6 Å². The second kappa shape index (κ2) is 3.85. The lowest BCUT2D eigenvalue weighted by molar-refractivity contribution is 0.954. The van der Waals surface area contributed by atoms with Crippen molar-refractivity contribution in [2.45, 2.75) is 13.3 Å². The van der Waals surface area contributed by atoms with Crippen LogP contribution in [-0.4, -0.2) is 24.1 Å². The third kappa shape index (κ3) is 1.91. The van der Waals surface area contributed by atoms with Gasteiger partial charge in [0.2, 0.25) is 0 Å². The summed E-state index contributed by atoms with van der Waals surface area (Å²) in [6, 6.07) is 0. The largest absolute Gasteiger partial charge is 0.362 e. The molecular weight excluding hydrogens is 186 g/mol. The molecule has 3 nitrogen and oxygen atoms in total. The normalized spacial score (nSPS) is 13.5. The summed E-state index contributed by atoms with van der Waals surface area (Å²) >= 11 is 0. The van der Waals surface area contributed by atoms with Gasteiger partial charge in [-0.25, -0.2) is 9.97 Å². The van der Waals surface area contributed by atoms with Crippen LogP contribution in [0.15, 0.2) is 12.2 Å². The second-order valence-corrected chi connectivity index (χ2v) is 3.82. The monoisotopic (exact) mass is 201 g/mol. The summed E-state index contributed by atoms with van der Waals surface area (Å²) in [6.45, 7) is 1.93. The van der Waals surface area contributed by atoms with Gasteiger partial charge in [0.15, 0.2) is 0 Å². The van der Waals surface area contributed by atoms with Crippen molar-refractivity contribution < 1.29 is 0 Å². The number of anilines is 1. The van der Waals surface area contributed by atoms with Gasteiger partial charge in [-0.1, -0.05) is 18.2 Å². The van der Waals surface area contributed by atoms with E-state index >= 15 is 0 Å². The first-order chi connectivity index (χ1) is 7.18. The van der Waals surface area contributed by atoms with Crippen LogP contribution in [0.2, 0.25) is 0 Å². The molecule has 0 atom stereocenters. The van der Waals surface area contributed by atoms with E-state index in [9.17, 15) is 0 Å². The van der Waals surface area contributed by atoms with Gasteiger partial charge < -0.3 is 4.90 Å². The highest BCUT2D eigenvalue weighted by Gasteiger charge is 2.04. The highest BCUT2D eigenvalue weighted by molar-refractivity contribution is 5.52. The van der Waals surface area contributed by atoms with E-state index in [1.807, 2.05) is 25.9 Å². The number of allylic oxidation sites excluding steroid dienone is 2. The van der Waals surface area contributed by atoms with Crippen molar-refractivity contribution in [1.29, 1.82) is 0 Å². The van der Waals surface area contributed by atoms with E-state index in [1.165, 1.54) is 0 Å². The van der Waals surface area contributed by atoms with E-state index in [1.54, 1.807) is 0 Å².